The minimum Gasteiger partial charge on any atom is -0.406 e. The van der Waals surface area contributed by atoms with Crippen molar-refractivity contribution in [2.45, 2.75) is 6.36 Å². The number of aromatic nitrogens is 2. The quantitative estimate of drug-likeness (QED) is 0.334. The summed E-state index contributed by atoms with van der Waals surface area (Å²) in [6, 6.07) is 13.8. The van der Waals surface area contributed by atoms with Gasteiger partial charge in [0.2, 0.25) is 5.95 Å². The van der Waals surface area contributed by atoms with Gasteiger partial charge in [-0.05, 0) is 18.2 Å². The molecule has 11 heteroatoms. The van der Waals surface area contributed by atoms with Crippen molar-refractivity contribution in [1.29, 1.82) is 5.26 Å². The normalized spacial score (nSPS) is 11.3. The fourth-order valence-electron chi connectivity index (χ4n) is 2.46. The third-order valence-electron chi connectivity index (χ3n) is 3.74. The van der Waals surface area contributed by atoms with E-state index in [1.54, 1.807) is 30.3 Å². The third-order valence-corrected chi connectivity index (χ3v) is 3.74. The second kappa shape index (κ2) is 8.36. The number of nitriles is 1. The molecule has 0 unspecified atom stereocenters. The van der Waals surface area contributed by atoms with Crippen LogP contribution >= 0.6 is 0 Å². The molecule has 8 nitrogen and oxygen atoms in total. The van der Waals surface area contributed by atoms with Crippen molar-refractivity contribution in [3.05, 3.63) is 70.0 Å². The van der Waals surface area contributed by atoms with Crippen molar-refractivity contribution in [2.24, 2.45) is 5.10 Å². The van der Waals surface area contributed by atoms with Crippen molar-refractivity contribution in [2.75, 3.05) is 11.2 Å². The zero-order chi connectivity index (χ0) is 21.7. The largest absolute Gasteiger partial charge is 0.573 e. The summed E-state index contributed by atoms with van der Waals surface area (Å²) in [4.78, 5) is 18.7. The average Bonchev–Trinajstić information content (AvgIpc) is 2.69. The van der Waals surface area contributed by atoms with E-state index in [-0.39, 0.29) is 28.5 Å². The summed E-state index contributed by atoms with van der Waals surface area (Å²) in [5, 5.41) is 13.1. The lowest BCUT2D eigenvalue weighted by Gasteiger charge is -2.10. The number of nitrogens with zero attached hydrogens (tertiary/aromatic N) is 3. The van der Waals surface area contributed by atoms with Gasteiger partial charge in [0.15, 0.2) is 0 Å². The molecule has 4 N–H and O–H groups in total. The number of alkyl halides is 3. The first-order valence-electron chi connectivity index (χ1n) is 8.31. The maximum atomic E-state index is 12.4. The Labute approximate surface area is 167 Å². The van der Waals surface area contributed by atoms with Gasteiger partial charge in [-0.15, -0.1) is 13.2 Å². The van der Waals surface area contributed by atoms with Crippen LogP contribution in [0.3, 0.4) is 0 Å². The molecule has 3 rings (SSSR count). The number of hydrazone groups is 1. The molecule has 2 aromatic carbocycles. The number of halogens is 3. The molecule has 1 aromatic heterocycles. The van der Waals surface area contributed by atoms with Crippen LogP contribution in [0.25, 0.3) is 11.3 Å². The molecule has 0 spiro atoms. The highest BCUT2D eigenvalue weighted by Crippen LogP contribution is 2.25. The van der Waals surface area contributed by atoms with Crippen LogP contribution in [0, 0.1) is 11.3 Å². The molecule has 3 aromatic rings. The fourth-order valence-corrected chi connectivity index (χ4v) is 2.46. The molecule has 0 atom stereocenters. The van der Waals surface area contributed by atoms with E-state index in [9.17, 15) is 23.2 Å². The van der Waals surface area contributed by atoms with E-state index in [1.807, 2.05) is 6.07 Å². The molecule has 1 heterocycles. The molecule has 0 aliphatic rings. The number of aromatic amines is 1. The zero-order valence-electron chi connectivity index (χ0n) is 15.1. The van der Waals surface area contributed by atoms with Gasteiger partial charge in [0.1, 0.15) is 17.4 Å². The molecule has 0 saturated carbocycles. The van der Waals surface area contributed by atoms with Gasteiger partial charge in [0, 0.05) is 16.8 Å². The summed E-state index contributed by atoms with van der Waals surface area (Å²) in [5.74, 6) is -0.537. The Kier molecular flexibility index (Phi) is 5.68. The molecule has 30 heavy (non-hydrogen) atoms. The van der Waals surface area contributed by atoms with Crippen molar-refractivity contribution < 1.29 is 17.9 Å². The first kappa shape index (κ1) is 20.4. The molecule has 0 bridgehead atoms. The fraction of sp³-hybridized carbons (Fsp3) is 0.0526. The lowest BCUT2D eigenvalue weighted by atomic mass is 10.1. The molecule has 0 radical (unpaired) electrons. The van der Waals surface area contributed by atoms with Gasteiger partial charge < -0.3 is 10.5 Å². The van der Waals surface area contributed by atoms with Crippen molar-refractivity contribution >= 4 is 17.9 Å². The summed E-state index contributed by atoms with van der Waals surface area (Å²) < 4.78 is 40.9. The number of nitrogen functional groups attached to an aromatic ring is 1. The monoisotopic (exact) mass is 414 g/mol. The van der Waals surface area contributed by atoms with E-state index in [0.29, 0.717) is 5.56 Å². The topological polar surface area (TPSA) is 129 Å². The predicted molar refractivity (Wildman–Crippen MR) is 104 cm³/mol. The number of anilines is 2. The number of nitrogens with one attached hydrogen (secondary N) is 2. The minimum absolute atomic E-state index is 0.0737. The smallest absolute Gasteiger partial charge is 0.406 e. The van der Waals surface area contributed by atoms with Gasteiger partial charge in [-0.1, -0.05) is 30.3 Å². The first-order valence-corrected chi connectivity index (χ1v) is 8.31. The highest BCUT2D eigenvalue weighted by molar-refractivity contribution is 5.87. The number of rotatable bonds is 5. The van der Waals surface area contributed by atoms with Crippen LogP contribution in [0.15, 0.2) is 58.4 Å². The van der Waals surface area contributed by atoms with Crippen molar-refractivity contribution in [3.63, 3.8) is 0 Å². The third kappa shape index (κ3) is 4.93. The van der Waals surface area contributed by atoms with E-state index in [1.165, 1.54) is 6.07 Å². The van der Waals surface area contributed by atoms with E-state index in [0.717, 1.165) is 18.3 Å². The molecule has 0 fully saturated rings. The van der Waals surface area contributed by atoms with Gasteiger partial charge in [-0.3, -0.25) is 9.78 Å². The second-order valence-corrected chi connectivity index (χ2v) is 5.82. The highest BCUT2D eigenvalue weighted by Gasteiger charge is 2.31. The van der Waals surface area contributed by atoms with Crippen LogP contribution in [-0.4, -0.2) is 22.5 Å². The Morgan fingerprint density at radius 2 is 1.97 bits per heavy atom. The Bertz CT molecular complexity index is 1180. The zero-order valence-corrected chi connectivity index (χ0v) is 15.1. The molecule has 152 valence electrons. The van der Waals surface area contributed by atoms with Crippen LogP contribution in [0.4, 0.5) is 24.8 Å². The summed E-state index contributed by atoms with van der Waals surface area (Å²) in [7, 11) is 0. The lowest BCUT2D eigenvalue weighted by molar-refractivity contribution is -0.274. The minimum atomic E-state index is -4.84. The Balaban J connectivity index is 1.87. The maximum Gasteiger partial charge on any atom is 0.573 e. The number of hydrogen-bond acceptors (Lipinski definition) is 7. The number of nitrogens with two attached hydrogens (primary N) is 1. The molecule has 0 saturated heterocycles. The molecule has 0 amide bonds. The standard InChI is InChI=1S/C19H13F3N6O2/c20-19(21,22)30-13-6-7-15(24)12(8-13)10-25-28-18-26-16(11-4-2-1-3-5-11)14(9-23)17(29)27-18/h1-8,10H,24H2,(H2,26,27,28,29). The van der Waals surface area contributed by atoms with E-state index < -0.39 is 17.7 Å². The van der Waals surface area contributed by atoms with Crippen molar-refractivity contribution in [3.8, 4) is 23.1 Å². The Morgan fingerprint density at radius 1 is 1.23 bits per heavy atom. The lowest BCUT2D eigenvalue weighted by Crippen LogP contribution is -2.17. The number of ether oxygens (including phenoxy) is 1. The molecule has 0 aliphatic carbocycles. The van der Waals surface area contributed by atoms with Gasteiger partial charge >= 0.3 is 6.36 Å². The molecule has 0 aliphatic heterocycles. The van der Waals surface area contributed by atoms with Crippen LogP contribution in [-0.2, 0) is 0 Å². The second-order valence-electron chi connectivity index (χ2n) is 5.82. The van der Waals surface area contributed by atoms with Crippen molar-refractivity contribution in [1.82, 2.24) is 9.97 Å². The predicted octanol–water partition coefficient (Wildman–Crippen LogP) is 3.24. The Morgan fingerprint density at radius 3 is 2.63 bits per heavy atom. The van der Waals surface area contributed by atoms with E-state index >= 15 is 0 Å². The number of hydrogen-bond donors (Lipinski definition) is 3. The van der Waals surface area contributed by atoms with Crippen LogP contribution in [0.1, 0.15) is 11.1 Å². The Hall–Kier alpha value is -4.33. The highest BCUT2D eigenvalue weighted by atomic mass is 19.4. The van der Waals surface area contributed by atoms with Crippen LogP contribution in [0.2, 0.25) is 0 Å². The van der Waals surface area contributed by atoms with Gasteiger partial charge in [-0.25, -0.2) is 10.4 Å². The summed E-state index contributed by atoms with van der Waals surface area (Å²) in [6.45, 7) is 0. The maximum absolute atomic E-state index is 12.4. The van der Waals surface area contributed by atoms with Crippen LogP contribution < -0.4 is 21.5 Å². The van der Waals surface area contributed by atoms with Gasteiger partial charge in [-0.2, -0.15) is 10.4 Å². The summed E-state index contributed by atoms with van der Waals surface area (Å²) in [6.07, 6.45) is -3.71. The summed E-state index contributed by atoms with van der Waals surface area (Å²) in [5.41, 5.74) is 8.35. The van der Waals surface area contributed by atoms with Gasteiger partial charge in [0.05, 0.1) is 11.9 Å². The first-order chi connectivity index (χ1) is 14.3. The molecular formula is C19H13F3N6O2. The van der Waals surface area contributed by atoms with E-state index in [2.05, 4.69) is 25.2 Å². The van der Waals surface area contributed by atoms with Gasteiger partial charge in [0.25, 0.3) is 5.56 Å². The molecular weight excluding hydrogens is 401 g/mol. The van der Waals surface area contributed by atoms with Crippen LogP contribution in [0.5, 0.6) is 5.75 Å². The summed E-state index contributed by atoms with van der Waals surface area (Å²) >= 11 is 0. The number of H-pyrrole nitrogens is 1. The average molecular weight is 414 g/mol. The SMILES string of the molecule is N#Cc1c(-c2ccccc2)nc(NN=Cc2cc(OC(F)(F)F)ccc2N)[nH]c1=O. The van der Waals surface area contributed by atoms with E-state index in [4.69, 9.17) is 5.73 Å². The number of benzene rings is 2.